The number of ether oxygens (including phenoxy) is 8. The number of carbonyl (C=O) groups excluding carboxylic acids is 2. The lowest BCUT2D eigenvalue weighted by molar-refractivity contribution is 0.0726. The van der Waals surface area contributed by atoms with Gasteiger partial charge in [-0.05, 0) is 62.8 Å². The summed E-state index contributed by atoms with van der Waals surface area (Å²) in [5.41, 5.74) is 1.77. The van der Waals surface area contributed by atoms with E-state index in [0.717, 1.165) is 87.8 Å². The average molecular weight is 1430 g/mol. The van der Waals surface area contributed by atoms with Crippen molar-refractivity contribution in [2.75, 3.05) is 39.6 Å². The summed E-state index contributed by atoms with van der Waals surface area (Å²) in [4.78, 5) is 39.7. The van der Waals surface area contributed by atoms with Crippen LogP contribution in [-0.4, -0.2) is 61.5 Å². The van der Waals surface area contributed by atoms with E-state index in [1.807, 2.05) is 48.5 Å². The Balaban J connectivity index is 1.27. The van der Waals surface area contributed by atoms with E-state index in [9.17, 15) is 9.59 Å². The molecule has 0 N–H and O–H groups in total. The number of esters is 2. The maximum Gasteiger partial charge on any atom is 0.343 e. The molecule has 12 nitrogen and oxygen atoms in total. The summed E-state index contributed by atoms with van der Waals surface area (Å²) in [5, 5.41) is 2.83. The molecule has 0 saturated heterocycles. The maximum absolute atomic E-state index is 14.8. The van der Waals surface area contributed by atoms with Crippen LogP contribution in [0.2, 0.25) is 0 Å². The summed E-state index contributed by atoms with van der Waals surface area (Å²) in [6, 6.07) is 22.7. The van der Waals surface area contributed by atoms with Crippen LogP contribution in [0.15, 0.2) is 85.2 Å². The third-order valence-corrected chi connectivity index (χ3v) is 20.2. The lowest BCUT2D eigenvalue weighted by Gasteiger charge is -2.19. The molecule has 0 spiro atoms. The van der Waals surface area contributed by atoms with Gasteiger partial charge in [-0.15, -0.1) is 0 Å². The largest absolute Gasteiger partial charge is 0.490 e. The van der Waals surface area contributed by atoms with Crippen molar-refractivity contribution in [1.29, 1.82) is 0 Å². The number of carbonyl (C=O) groups is 2. The summed E-state index contributed by atoms with van der Waals surface area (Å²) in [7, 11) is 0. The highest BCUT2D eigenvalue weighted by Gasteiger charge is 2.25. The van der Waals surface area contributed by atoms with Crippen molar-refractivity contribution < 1.29 is 47.5 Å². The molecule has 0 saturated carbocycles. The van der Waals surface area contributed by atoms with Crippen LogP contribution in [0.3, 0.4) is 0 Å². The van der Waals surface area contributed by atoms with Crippen molar-refractivity contribution in [2.45, 2.75) is 350 Å². The Labute approximate surface area is 630 Å². The highest BCUT2D eigenvalue weighted by Crippen LogP contribution is 2.44. The van der Waals surface area contributed by atoms with Gasteiger partial charge in [0.25, 0.3) is 0 Å². The average Bonchev–Trinajstić information content (AvgIpc) is 0.769. The van der Waals surface area contributed by atoms with Crippen molar-refractivity contribution in [1.82, 2.24) is 9.97 Å². The Morgan fingerprint density at radius 3 is 0.683 bits per heavy atom. The predicted molar refractivity (Wildman–Crippen MR) is 434 cm³/mol. The fourth-order valence-corrected chi connectivity index (χ4v) is 13.8. The summed E-state index contributed by atoms with van der Waals surface area (Å²) in [6.07, 6.45) is 60.1. The van der Waals surface area contributed by atoms with Crippen LogP contribution >= 0.6 is 0 Å². The first-order valence-electron chi connectivity index (χ1n) is 42.7. The van der Waals surface area contributed by atoms with E-state index in [0.29, 0.717) is 119 Å². The van der Waals surface area contributed by atoms with Crippen molar-refractivity contribution in [3.8, 4) is 57.4 Å². The van der Waals surface area contributed by atoms with Gasteiger partial charge in [0.1, 0.15) is 0 Å². The van der Waals surface area contributed by atoms with Crippen LogP contribution in [0, 0.1) is 0 Å². The quantitative estimate of drug-likeness (QED) is 0.0266. The van der Waals surface area contributed by atoms with Crippen LogP contribution in [0.1, 0.15) is 370 Å². The predicted octanol–water partition coefficient (Wildman–Crippen LogP) is 28.0. The highest BCUT2D eigenvalue weighted by atomic mass is 16.6. The minimum Gasteiger partial charge on any atom is -0.490 e. The molecule has 0 aliphatic rings. The van der Waals surface area contributed by atoms with Gasteiger partial charge in [0.2, 0.25) is 11.5 Å². The van der Waals surface area contributed by atoms with E-state index in [-0.39, 0.29) is 0 Å². The van der Waals surface area contributed by atoms with Crippen molar-refractivity contribution in [3.05, 3.63) is 96.3 Å². The molecule has 4 aromatic carbocycles. The van der Waals surface area contributed by atoms with Crippen LogP contribution in [0.4, 0.5) is 0 Å². The van der Waals surface area contributed by atoms with E-state index in [2.05, 4.69) is 41.5 Å². The van der Waals surface area contributed by atoms with E-state index in [1.165, 1.54) is 231 Å². The summed E-state index contributed by atoms with van der Waals surface area (Å²) < 4.78 is 52.8. The number of benzene rings is 4. The molecule has 0 radical (unpaired) electrons. The standard InChI is InChI=1S/C92H140N2O10/c1-7-13-19-25-31-37-43-53-63-97-81-69-75(70-82(98-64-54-44-38-32-26-20-14-8-2)89(81)101-67-57-47-41-35-29-23-17-11-5)91(95)103-85-73-93-87(79-61-51-49-59-77(79)85)88-80-62-52-50-60-78(80)86(74-94-88)104-92(96)76-71-83(99-65-55-45-39-33-27-21-15-9-3)90(102-68-58-48-42-36-30-24-18-12-6)84(72-76)100-66-56-46-40-34-28-22-16-10-4/h49-52,59-62,69-74H,7-48,53-58,63-68H2,1-6H3. The second-order valence-electron chi connectivity index (χ2n) is 29.4. The van der Waals surface area contributed by atoms with Gasteiger partial charge in [-0.3, -0.25) is 9.97 Å². The molecule has 0 amide bonds. The number of nitrogens with zero attached hydrogens (tertiary/aromatic N) is 2. The topological polar surface area (TPSA) is 134 Å². The Morgan fingerprint density at radius 2 is 0.452 bits per heavy atom. The van der Waals surface area contributed by atoms with E-state index >= 15 is 0 Å². The second-order valence-corrected chi connectivity index (χ2v) is 29.4. The SMILES string of the molecule is CCCCCCCCCCOc1cc(C(=O)Oc2cnc(-c3ncc(OC(=O)c4cc(OCCCCCCCCCC)c(OCCCCCCCCCC)c(OCCCCCCCCCC)c4)c4ccccc34)c3ccccc23)cc(OCCCCCCCCCC)c1OCCCCCCCCCC. The Kier molecular flexibility index (Phi) is 46.4. The number of aromatic nitrogens is 2. The third kappa shape index (κ3) is 33.5. The molecular weight excluding hydrogens is 1290 g/mol. The zero-order chi connectivity index (χ0) is 73.5. The molecule has 2 aromatic heterocycles. The summed E-state index contributed by atoms with van der Waals surface area (Å²) in [5.74, 6) is 2.57. The molecule has 2 heterocycles. The minimum absolute atomic E-state index is 0.300. The van der Waals surface area contributed by atoms with Crippen molar-refractivity contribution in [2.24, 2.45) is 0 Å². The zero-order valence-corrected chi connectivity index (χ0v) is 66.2. The van der Waals surface area contributed by atoms with Gasteiger partial charge >= 0.3 is 11.9 Å². The number of rotatable bonds is 65. The lowest BCUT2D eigenvalue weighted by Crippen LogP contribution is -2.12. The van der Waals surface area contributed by atoms with Crippen molar-refractivity contribution >= 4 is 33.5 Å². The number of hydrogen-bond donors (Lipinski definition) is 0. The van der Waals surface area contributed by atoms with Gasteiger partial charge in [0.05, 0.1) is 74.5 Å². The maximum atomic E-state index is 14.8. The van der Waals surface area contributed by atoms with Gasteiger partial charge in [-0.25, -0.2) is 9.59 Å². The molecule has 6 rings (SSSR count). The van der Waals surface area contributed by atoms with Crippen LogP contribution in [-0.2, 0) is 0 Å². The van der Waals surface area contributed by atoms with Gasteiger partial charge in [-0.1, -0.05) is 360 Å². The lowest BCUT2D eigenvalue weighted by atomic mass is 10.0. The molecule has 0 aliphatic carbocycles. The molecule has 0 aliphatic heterocycles. The minimum atomic E-state index is -0.562. The van der Waals surface area contributed by atoms with Crippen molar-refractivity contribution in [3.63, 3.8) is 0 Å². The molecule has 0 fully saturated rings. The van der Waals surface area contributed by atoms with Gasteiger partial charge in [0.15, 0.2) is 34.5 Å². The van der Waals surface area contributed by atoms with E-state index < -0.39 is 11.9 Å². The molecule has 578 valence electrons. The van der Waals surface area contributed by atoms with Crippen LogP contribution in [0.5, 0.6) is 46.0 Å². The normalized spacial score (nSPS) is 11.4. The molecular formula is C92H140N2O10. The van der Waals surface area contributed by atoms with E-state index in [4.69, 9.17) is 47.9 Å². The monoisotopic (exact) mass is 1430 g/mol. The molecule has 0 atom stereocenters. The Morgan fingerprint density at radius 1 is 0.250 bits per heavy atom. The number of pyridine rings is 2. The number of unbranched alkanes of at least 4 members (excludes halogenated alkanes) is 42. The zero-order valence-electron chi connectivity index (χ0n) is 66.2. The van der Waals surface area contributed by atoms with E-state index in [1.54, 1.807) is 36.7 Å². The Hall–Kier alpha value is -6.56. The van der Waals surface area contributed by atoms with Gasteiger partial charge in [0, 0.05) is 21.5 Å². The first kappa shape index (κ1) is 86.4. The third-order valence-electron chi connectivity index (χ3n) is 20.2. The Bertz CT molecular complexity index is 2940. The highest BCUT2D eigenvalue weighted by molar-refractivity contribution is 6.07. The summed E-state index contributed by atoms with van der Waals surface area (Å²) in [6.45, 7) is 16.6. The summed E-state index contributed by atoms with van der Waals surface area (Å²) >= 11 is 0. The van der Waals surface area contributed by atoms with Crippen LogP contribution in [0.25, 0.3) is 32.9 Å². The number of hydrogen-bond acceptors (Lipinski definition) is 12. The first-order valence-corrected chi connectivity index (χ1v) is 42.7. The second kappa shape index (κ2) is 55.8. The van der Waals surface area contributed by atoms with Gasteiger partial charge < -0.3 is 37.9 Å². The molecule has 12 heteroatoms. The fraction of sp³-hybridized carbons (Fsp3) is 0.652. The molecule has 0 bridgehead atoms. The first-order chi connectivity index (χ1) is 51.3. The van der Waals surface area contributed by atoms with Gasteiger partial charge in [-0.2, -0.15) is 0 Å². The van der Waals surface area contributed by atoms with Crippen LogP contribution < -0.4 is 37.9 Å². The fourth-order valence-electron chi connectivity index (χ4n) is 13.8. The molecule has 6 aromatic rings. The number of fused-ring (bicyclic) bond motifs is 2. The molecule has 104 heavy (non-hydrogen) atoms. The smallest absolute Gasteiger partial charge is 0.343 e. The molecule has 0 unspecified atom stereocenters.